The number of H-pyrrole nitrogens is 1. The molecule has 4 heterocycles. The molecule has 1 aliphatic heterocycles. The Bertz CT molecular complexity index is 1100. The second-order valence-corrected chi connectivity index (χ2v) is 7.87. The fourth-order valence-electron chi connectivity index (χ4n) is 4.11. The van der Waals surface area contributed by atoms with E-state index in [9.17, 15) is 9.59 Å². The predicted octanol–water partition coefficient (Wildman–Crippen LogP) is 2.70. The van der Waals surface area contributed by atoms with E-state index in [4.69, 9.17) is 0 Å². The van der Waals surface area contributed by atoms with E-state index in [1.165, 1.54) is 0 Å². The minimum Gasteiger partial charge on any atom is -0.370 e. The minimum atomic E-state index is -0.170. The molecule has 1 aliphatic rings. The number of aromatic amines is 1. The number of fused-ring (bicyclic) bond motifs is 1. The molecule has 1 fully saturated rings. The number of hydrogen-bond acceptors (Lipinski definition) is 5. The van der Waals surface area contributed by atoms with E-state index in [-0.39, 0.29) is 11.5 Å². The summed E-state index contributed by atoms with van der Waals surface area (Å²) in [5, 5.41) is 2.59. The molecule has 0 bridgehead atoms. The first kappa shape index (κ1) is 20.1. The topological polar surface area (TPSA) is 91.0 Å². The van der Waals surface area contributed by atoms with Crippen LogP contribution in [0.5, 0.6) is 0 Å². The van der Waals surface area contributed by atoms with Gasteiger partial charge in [-0.15, -0.1) is 0 Å². The molecule has 7 nitrogen and oxygen atoms in total. The van der Waals surface area contributed by atoms with Gasteiger partial charge in [0.25, 0.3) is 11.5 Å². The molecule has 2 N–H and O–H groups in total. The van der Waals surface area contributed by atoms with Crippen molar-refractivity contribution in [3.8, 4) is 0 Å². The van der Waals surface area contributed by atoms with Crippen molar-refractivity contribution in [2.45, 2.75) is 32.6 Å². The SMILES string of the molecule is CCc1cc2ncc(CC3CCN(c4ccc(C(=O)NC)nc4)CC3)cc2[nH]c1=O. The highest BCUT2D eigenvalue weighted by Gasteiger charge is 2.20. The highest BCUT2D eigenvalue weighted by atomic mass is 16.1. The van der Waals surface area contributed by atoms with E-state index < -0.39 is 0 Å². The number of piperidine rings is 1. The Labute approximate surface area is 175 Å². The van der Waals surface area contributed by atoms with Crippen LogP contribution in [0.25, 0.3) is 11.0 Å². The van der Waals surface area contributed by atoms with Crippen molar-refractivity contribution in [2.75, 3.05) is 25.0 Å². The number of carbonyl (C=O) groups is 1. The van der Waals surface area contributed by atoms with Crippen molar-refractivity contribution in [3.05, 3.63) is 63.8 Å². The first-order valence-electron chi connectivity index (χ1n) is 10.5. The van der Waals surface area contributed by atoms with Crippen molar-refractivity contribution >= 4 is 22.6 Å². The van der Waals surface area contributed by atoms with Crippen molar-refractivity contribution in [2.24, 2.45) is 5.92 Å². The molecule has 7 heteroatoms. The molecule has 156 valence electrons. The molecule has 4 rings (SSSR count). The molecule has 0 aromatic carbocycles. The van der Waals surface area contributed by atoms with Gasteiger partial charge in [0.1, 0.15) is 5.69 Å². The summed E-state index contributed by atoms with van der Waals surface area (Å²) in [5.74, 6) is 0.414. The summed E-state index contributed by atoms with van der Waals surface area (Å²) in [4.78, 5) is 37.9. The summed E-state index contributed by atoms with van der Waals surface area (Å²) in [6.07, 6.45) is 7.55. The number of aryl methyl sites for hydroxylation is 1. The highest BCUT2D eigenvalue weighted by molar-refractivity contribution is 5.92. The average molecular weight is 406 g/mol. The molecule has 1 amide bonds. The third kappa shape index (κ3) is 4.20. The van der Waals surface area contributed by atoms with Gasteiger partial charge in [0.2, 0.25) is 0 Å². The summed E-state index contributed by atoms with van der Waals surface area (Å²) >= 11 is 0. The van der Waals surface area contributed by atoms with E-state index in [2.05, 4.69) is 31.2 Å². The van der Waals surface area contributed by atoms with Crippen LogP contribution in [0.3, 0.4) is 0 Å². The summed E-state index contributed by atoms with van der Waals surface area (Å²) in [6.45, 7) is 3.90. The smallest absolute Gasteiger partial charge is 0.269 e. The summed E-state index contributed by atoms with van der Waals surface area (Å²) < 4.78 is 0. The number of nitrogens with one attached hydrogen (secondary N) is 2. The van der Waals surface area contributed by atoms with Crippen LogP contribution in [0.4, 0.5) is 5.69 Å². The van der Waals surface area contributed by atoms with E-state index in [0.717, 1.165) is 60.2 Å². The molecule has 0 aliphatic carbocycles. The normalized spacial score (nSPS) is 14.8. The number of hydrogen-bond donors (Lipinski definition) is 2. The Hall–Kier alpha value is -3.22. The van der Waals surface area contributed by atoms with Crippen LogP contribution < -0.4 is 15.8 Å². The Kier molecular flexibility index (Phi) is 5.79. The van der Waals surface area contributed by atoms with Crippen molar-refractivity contribution < 1.29 is 4.79 Å². The van der Waals surface area contributed by atoms with Gasteiger partial charge in [-0.1, -0.05) is 6.92 Å². The van der Waals surface area contributed by atoms with Gasteiger partial charge in [-0.2, -0.15) is 0 Å². The van der Waals surface area contributed by atoms with Crippen LogP contribution in [0.2, 0.25) is 0 Å². The summed E-state index contributed by atoms with van der Waals surface area (Å²) in [7, 11) is 1.60. The van der Waals surface area contributed by atoms with Gasteiger partial charge in [-0.3, -0.25) is 14.6 Å². The largest absolute Gasteiger partial charge is 0.370 e. The molecule has 3 aromatic heterocycles. The van der Waals surface area contributed by atoms with Gasteiger partial charge in [0, 0.05) is 31.9 Å². The molecular formula is C23H27N5O2. The highest BCUT2D eigenvalue weighted by Crippen LogP contribution is 2.26. The molecule has 0 saturated carbocycles. The zero-order valence-electron chi connectivity index (χ0n) is 17.4. The van der Waals surface area contributed by atoms with Crippen LogP contribution in [0, 0.1) is 5.92 Å². The Morgan fingerprint density at radius 3 is 2.67 bits per heavy atom. The number of pyridine rings is 3. The standard InChI is InChI=1S/C23H27N5O2/c1-3-17-12-20-21(27-22(17)29)11-16(13-25-20)10-15-6-8-28(9-7-15)18-4-5-19(26-14-18)23(30)24-2/h4-5,11-15H,3,6-10H2,1-2H3,(H,24,30)(H,27,29). The number of nitrogens with zero attached hydrogens (tertiary/aromatic N) is 3. The molecule has 30 heavy (non-hydrogen) atoms. The third-order valence-corrected chi connectivity index (χ3v) is 5.92. The van der Waals surface area contributed by atoms with Crippen molar-refractivity contribution in [1.29, 1.82) is 0 Å². The van der Waals surface area contributed by atoms with E-state index in [1.807, 2.05) is 25.3 Å². The fourth-order valence-corrected chi connectivity index (χ4v) is 4.11. The first-order valence-corrected chi connectivity index (χ1v) is 10.5. The lowest BCUT2D eigenvalue weighted by Gasteiger charge is -2.33. The predicted molar refractivity (Wildman–Crippen MR) is 118 cm³/mol. The molecule has 0 atom stereocenters. The Morgan fingerprint density at radius 1 is 1.20 bits per heavy atom. The van der Waals surface area contributed by atoms with Crippen LogP contribution in [0.1, 0.15) is 41.4 Å². The van der Waals surface area contributed by atoms with Gasteiger partial charge < -0.3 is 15.2 Å². The summed E-state index contributed by atoms with van der Waals surface area (Å²) in [6, 6.07) is 7.69. The van der Waals surface area contributed by atoms with Gasteiger partial charge in [-0.05, 0) is 61.4 Å². The number of aromatic nitrogens is 3. The van der Waals surface area contributed by atoms with Gasteiger partial charge in [0.05, 0.1) is 22.9 Å². The first-order chi connectivity index (χ1) is 14.6. The fraction of sp³-hybridized carbons (Fsp3) is 0.391. The quantitative estimate of drug-likeness (QED) is 0.681. The molecular weight excluding hydrogens is 378 g/mol. The zero-order valence-corrected chi connectivity index (χ0v) is 17.4. The number of carbonyl (C=O) groups excluding carboxylic acids is 1. The lowest BCUT2D eigenvalue weighted by Crippen LogP contribution is -2.34. The van der Waals surface area contributed by atoms with Crippen LogP contribution in [-0.4, -0.2) is 41.0 Å². The lowest BCUT2D eigenvalue weighted by atomic mass is 9.90. The molecule has 3 aromatic rings. The van der Waals surface area contributed by atoms with Crippen molar-refractivity contribution in [3.63, 3.8) is 0 Å². The van der Waals surface area contributed by atoms with Gasteiger partial charge in [0.15, 0.2) is 0 Å². The maximum atomic E-state index is 12.1. The number of anilines is 1. The summed E-state index contributed by atoms with van der Waals surface area (Å²) in [5.41, 5.74) is 5.06. The monoisotopic (exact) mass is 405 g/mol. The van der Waals surface area contributed by atoms with E-state index >= 15 is 0 Å². The van der Waals surface area contributed by atoms with E-state index in [0.29, 0.717) is 18.0 Å². The average Bonchev–Trinajstić information content (AvgIpc) is 2.78. The molecule has 1 saturated heterocycles. The van der Waals surface area contributed by atoms with Crippen LogP contribution in [-0.2, 0) is 12.8 Å². The second-order valence-electron chi connectivity index (χ2n) is 7.87. The van der Waals surface area contributed by atoms with Crippen LogP contribution in [0.15, 0.2) is 41.5 Å². The maximum Gasteiger partial charge on any atom is 0.269 e. The Morgan fingerprint density at radius 2 is 2.00 bits per heavy atom. The minimum absolute atomic E-state index is 0.0201. The third-order valence-electron chi connectivity index (χ3n) is 5.92. The van der Waals surface area contributed by atoms with E-state index in [1.54, 1.807) is 19.3 Å². The van der Waals surface area contributed by atoms with Crippen LogP contribution >= 0.6 is 0 Å². The second kappa shape index (κ2) is 8.65. The molecule has 0 radical (unpaired) electrons. The maximum absolute atomic E-state index is 12.1. The van der Waals surface area contributed by atoms with Gasteiger partial charge in [-0.25, -0.2) is 4.98 Å². The zero-order chi connectivity index (χ0) is 21.1. The molecule has 0 spiro atoms. The molecule has 0 unspecified atom stereocenters. The number of rotatable bonds is 5. The lowest BCUT2D eigenvalue weighted by molar-refractivity contribution is 0.0958. The van der Waals surface area contributed by atoms with Crippen molar-refractivity contribution in [1.82, 2.24) is 20.3 Å². The van der Waals surface area contributed by atoms with Gasteiger partial charge >= 0.3 is 0 Å². The Balaban J connectivity index is 1.38. The number of amides is 1.